The molecule has 1 saturated carbocycles. The molecule has 0 unspecified atom stereocenters. The van der Waals surface area contributed by atoms with Crippen molar-refractivity contribution in [2.45, 2.75) is 35.1 Å². The second-order valence-electron chi connectivity index (χ2n) is 9.93. The molecule has 2 aliphatic carbocycles. The number of phenolic OH excluding ortho intramolecular Hbond substituents is 1. The van der Waals surface area contributed by atoms with Crippen molar-refractivity contribution in [3.8, 4) is 5.75 Å². The minimum absolute atomic E-state index is 0.0243. The molecule has 7 nitrogen and oxygen atoms in total. The van der Waals surface area contributed by atoms with Gasteiger partial charge in [-0.25, -0.2) is 0 Å². The van der Waals surface area contributed by atoms with Crippen LogP contribution in [-0.2, 0) is 25.7 Å². The van der Waals surface area contributed by atoms with Crippen LogP contribution in [0.3, 0.4) is 0 Å². The maximum absolute atomic E-state index is 13.7. The molecule has 2 aromatic rings. The average Bonchev–Trinajstić information content (AvgIpc) is 3.48. The van der Waals surface area contributed by atoms with Crippen molar-refractivity contribution >= 4 is 58.2 Å². The maximum atomic E-state index is 13.7. The maximum Gasteiger partial charge on any atom is 0.253 e. The summed E-state index contributed by atoms with van der Waals surface area (Å²) in [6.45, 7) is 0.200. The van der Waals surface area contributed by atoms with Gasteiger partial charge in [0.15, 0.2) is 9.75 Å². The molecular formula is C26H22Cl2N2O5S. The van der Waals surface area contributed by atoms with E-state index in [2.05, 4.69) is 0 Å². The first kappa shape index (κ1) is 23.7. The molecule has 4 aliphatic rings. The Hall–Kier alpha value is -2.68. The van der Waals surface area contributed by atoms with E-state index in [4.69, 9.17) is 23.2 Å². The number of carbonyl (C=O) groups is 4. The van der Waals surface area contributed by atoms with E-state index >= 15 is 0 Å². The number of carbonyl (C=O) groups excluding carboxylic acids is 4. The topological polar surface area (TPSA) is 95.0 Å². The number of hydrogen-bond acceptors (Lipinski definition) is 6. The molecule has 2 saturated heterocycles. The van der Waals surface area contributed by atoms with Gasteiger partial charge < -0.3 is 5.11 Å². The Morgan fingerprint density at radius 2 is 1.83 bits per heavy atom. The standard InChI is InChI=1S/C26H22Cl2N2O5S/c1-29-23(34)25(27)11-18-16(20(26(25,28)24(29)35)13-4-2-5-14(31)10-13)7-8-17-19(18)22(33)30(21(17)32)12-15-6-3-9-36-15/h2-7,9-10,17-20,31H,8,11-12H2,1H3/t17-,18+,19-,20-,25+,26-/m0/s1. The average molecular weight is 545 g/mol. The molecule has 0 radical (unpaired) electrons. The molecule has 36 heavy (non-hydrogen) atoms. The van der Waals surface area contributed by atoms with Crippen LogP contribution in [0, 0.1) is 17.8 Å². The highest BCUT2D eigenvalue weighted by atomic mass is 35.5. The van der Waals surface area contributed by atoms with Crippen LogP contribution in [0.5, 0.6) is 5.75 Å². The first-order valence-corrected chi connectivity index (χ1v) is 13.3. The molecule has 0 bridgehead atoms. The van der Waals surface area contributed by atoms with Gasteiger partial charge in [0.05, 0.1) is 18.4 Å². The quantitative estimate of drug-likeness (QED) is 0.361. The van der Waals surface area contributed by atoms with Gasteiger partial charge in [0, 0.05) is 17.8 Å². The number of nitrogens with zero attached hydrogens (tertiary/aromatic N) is 2. The fourth-order valence-corrected chi connectivity index (χ4v) is 8.31. The summed E-state index contributed by atoms with van der Waals surface area (Å²) in [7, 11) is 1.35. The van der Waals surface area contributed by atoms with E-state index in [0.717, 1.165) is 9.78 Å². The molecule has 1 aromatic heterocycles. The summed E-state index contributed by atoms with van der Waals surface area (Å²) in [6, 6.07) is 10.1. The van der Waals surface area contributed by atoms with Gasteiger partial charge >= 0.3 is 0 Å². The van der Waals surface area contributed by atoms with E-state index in [1.54, 1.807) is 12.1 Å². The zero-order valence-corrected chi connectivity index (χ0v) is 21.5. The molecule has 1 N–H and O–H groups in total. The molecule has 0 spiro atoms. The third-order valence-electron chi connectivity index (χ3n) is 8.20. The van der Waals surface area contributed by atoms with Gasteiger partial charge in [-0.3, -0.25) is 29.0 Å². The molecule has 1 aromatic carbocycles. The van der Waals surface area contributed by atoms with Crippen LogP contribution in [0.25, 0.3) is 0 Å². The van der Waals surface area contributed by atoms with Crippen LogP contribution in [0.15, 0.2) is 53.4 Å². The molecule has 3 fully saturated rings. The van der Waals surface area contributed by atoms with Crippen LogP contribution >= 0.6 is 34.5 Å². The van der Waals surface area contributed by atoms with Crippen molar-refractivity contribution in [2.24, 2.45) is 17.8 Å². The van der Waals surface area contributed by atoms with Crippen molar-refractivity contribution in [3.05, 3.63) is 63.9 Å². The number of rotatable bonds is 3. The van der Waals surface area contributed by atoms with E-state index in [-0.39, 0.29) is 30.5 Å². The molecule has 2 aliphatic heterocycles. The second-order valence-corrected chi connectivity index (χ2v) is 12.2. The van der Waals surface area contributed by atoms with Crippen molar-refractivity contribution < 1.29 is 24.3 Å². The third kappa shape index (κ3) is 2.92. The van der Waals surface area contributed by atoms with Crippen molar-refractivity contribution in [3.63, 3.8) is 0 Å². The number of fused-ring (bicyclic) bond motifs is 4. The summed E-state index contributed by atoms with van der Waals surface area (Å²) in [5, 5.41) is 12.1. The van der Waals surface area contributed by atoms with E-state index < -0.39 is 45.2 Å². The summed E-state index contributed by atoms with van der Waals surface area (Å²) < 4.78 is 0. The molecule has 6 rings (SSSR count). The van der Waals surface area contributed by atoms with E-state index in [1.807, 2.05) is 23.6 Å². The first-order valence-electron chi connectivity index (χ1n) is 11.7. The van der Waals surface area contributed by atoms with Crippen molar-refractivity contribution in [1.82, 2.24) is 9.80 Å². The summed E-state index contributed by atoms with van der Waals surface area (Å²) in [4.78, 5) is 53.4. The number of thiophene rings is 1. The number of halogens is 2. The van der Waals surface area contributed by atoms with Crippen LogP contribution in [0.1, 0.15) is 29.2 Å². The number of amides is 4. The summed E-state index contributed by atoms with van der Waals surface area (Å²) >= 11 is 15.6. The number of allylic oxidation sites excluding steroid dienone is 2. The third-order valence-corrected chi connectivity index (χ3v) is 10.5. The van der Waals surface area contributed by atoms with E-state index in [9.17, 15) is 24.3 Å². The van der Waals surface area contributed by atoms with Crippen molar-refractivity contribution in [1.29, 1.82) is 0 Å². The Labute approximate surface area is 221 Å². The first-order chi connectivity index (χ1) is 17.1. The summed E-state index contributed by atoms with van der Waals surface area (Å²) in [5.74, 6) is -4.49. The Bertz CT molecular complexity index is 1360. The van der Waals surface area contributed by atoms with Crippen LogP contribution < -0.4 is 0 Å². The van der Waals surface area contributed by atoms with Crippen LogP contribution in [0.4, 0.5) is 0 Å². The Kier molecular flexibility index (Phi) is 5.21. The van der Waals surface area contributed by atoms with Gasteiger partial charge in [-0.1, -0.05) is 29.8 Å². The predicted molar refractivity (Wildman–Crippen MR) is 133 cm³/mol. The highest BCUT2D eigenvalue weighted by Crippen LogP contribution is 2.65. The molecule has 186 valence electrons. The van der Waals surface area contributed by atoms with Gasteiger partial charge in [-0.05, 0) is 47.9 Å². The van der Waals surface area contributed by atoms with Gasteiger partial charge in [-0.2, -0.15) is 0 Å². The lowest BCUT2D eigenvalue weighted by molar-refractivity contribution is -0.141. The number of benzene rings is 1. The monoisotopic (exact) mass is 544 g/mol. The lowest BCUT2D eigenvalue weighted by atomic mass is 9.56. The number of phenols is 1. The zero-order chi connectivity index (χ0) is 25.6. The largest absolute Gasteiger partial charge is 0.508 e. The molecule has 4 amide bonds. The van der Waals surface area contributed by atoms with E-state index in [0.29, 0.717) is 17.6 Å². The van der Waals surface area contributed by atoms with Crippen LogP contribution in [0.2, 0.25) is 0 Å². The van der Waals surface area contributed by atoms with Gasteiger partial charge in [0.25, 0.3) is 11.8 Å². The fourth-order valence-electron chi connectivity index (χ4n) is 6.60. The Morgan fingerprint density at radius 3 is 2.53 bits per heavy atom. The Morgan fingerprint density at radius 1 is 1.06 bits per heavy atom. The number of hydrogen-bond donors (Lipinski definition) is 1. The molecular weight excluding hydrogens is 523 g/mol. The fraction of sp³-hybridized carbons (Fsp3) is 0.385. The van der Waals surface area contributed by atoms with Gasteiger partial charge in [0.2, 0.25) is 11.8 Å². The molecule has 10 heteroatoms. The number of likely N-dealkylation sites (tertiary alicyclic amines) is 2. The van der Waals surface area contributed by atoms with E-state index in [1.165, 1.54) is 35.4 Å². The number of imide groups is 2. The number of aromatic hydroxyl groups is 1. The minimum atomic E-state index is -1.84. The highest BCUT2D eigenvalue weighted by Gasteiger charge is 2.75. The summed E-state index contributed by atoms with van der Waals surface area (Å²) in [5.41, 5.74) is 1.23. The normalized spacial score (nSPS) is 35.6. The van der Waals surface area contributed by atoms with Gasteiger partial charge in [0.1, 0.15) is 5.75 Å². The minimum Gasteiger partial charge on any atom is -0.508 e. The van der Waals surface area contributed by atoms with Gasteiger partial charge in [-0.15, -0.1) is 34.5 Å². The lowest BCUT2D eigenvalue weighted by Crippen LogP contribution is -2.60. The SMILES string of the molecule is CN1C(=O)[C@]2(Cl)C[C@@H]3C(=CC[C@@H]4C(=O)N(Cc5cccs5)C(=O)[C@@H]43)[C@H](c3cccc(O)c3)[C@]2(Cl)C1=O. The predicted octanol–water partition coefficient (Wildman–Crippen LogP) is 3.64. The van der Waals surface area contributed by atoms with Crippen molar-refractivity contribution in [2.75, 3.05) is 7.05 Å². The zero-order valence-electron chi connectivity index (χ0n) is 19.2. The van der Waals surface area contributed by atoms with Crippen LogP contribution in [-0.4, -0.2) is 55.3 Å². The molecule has 6 atom stereocenters. The summed E-state index contributed by atoms with van der Waals surface area (Å²) in [6.07, 6.45) is 2.16. The highest BCUT2D eigenvalue weighted by molar-refractivity contribution is 7.09. The smallest absolute Gasteiger partial charge is 0.253 e. The second kappa shape index (κ2) is 7.91. The molecule has 3 heterocycles. The lowest BCUT2D eigenvalue weighted by Gasteiger charge is -2.50. The number of alkyl halides is 2. The Balaban J connectivity index is 1.49.